The van der Waals surface area contributed by atoms with Gasteiger partial charge in [-0.15, -0.1) is 0 Å². The van der Waals surface area contributed by atoms with Crippen LogP contribution in [0.4, 0.5) is 0 Å². The number of nitrogens with one attached hydrogen (secondary N) is 1. The van der Waals surface area contributed by atoms with E-state index in [4.69, 9.17) is 4.74 Å². The van der Waals surface area contributed by atoms with E-state index in [0.717, 1.165) is 25.8 Å². The number of aryl methyl sites for hydroxylation is 3. The summed E-state index contributed by atoms with van der Waals surface area (Å²) in [4.78, 5) is 0. The summed E-state index contributed by atoms with van der Waals surface area (Å²) in [7, 11) is 1.80. The van der Waals surface area contributed by atoms with Crippen molar-refractivity contribution in [2.24, 2.45) is 0 Å². The van der Waals surface area contributed by atoms with E-state index in [0.29, 0.717) is 6.04 Å². The summed E-state index contributed by atoms with van der Waals surface area (Å²) in [5.41, 5.74) is 5.57. The van der Waals surface area contributed by atoms with Gasteiger partial charge in [-0.25, -0.2) is 0 Å². The van der Waals surface area contributed by atoms with Gasteiger partial charge in [-0.3, -0.25) is 0 Å². The van der Waals surface area contributed by atoms with E-state index in [1.807, 2.05) is 0 Å². The first-order valence-corrected chi connectivity index (χ1v) is 8.14. The Bertz CT molecular complexity index is 428. The molecule has 0 aliphatic carbocycles. The molecule has 1 aromatic rings. The number of benzene rings is 1. The minimum Gasteiger partial charge on any atom is -0.379 e. The Morgan fingerprint density at radius 1 is 1.14 bits per heavy atom. The molecule has 0 saturated carbocycles. The first kappa shape index (κ1) is 18.2. The van der Waals surface area contributed by atoms with Gasteiger partial charge in [0.05, 0.1) is 5.60 Å². The fraction of sp³-hybridized carbons (Fsp3) is 0.684. The smallest absolute Gasteiger partial charge is 0.0637 e. The molecule has 0 amide bonds. The number of methoxy groups -OCH3 is 1. The summed E-state index contributed by atoms with van der Waals surface area (Å²) in [5.74, 6) is 0. The van der Waals surface area contributed by atoms with Gasteiger partial charge in [-0.2, -0.15) is 0 Å². The van der Waals surface area contributed by atoms with Crippen LogP contribution in [0.15, 0.2) is 12.1 Å². The van der Waals surface area contributed by atoms with Crippen molar-refractivity contribution in [3.8, 4) is 0 Å². The molecule has 0 heterocycles. The van der Waals surface area contributed by atoms with Crippen molar-refractivity contribution < 1.29 is 4.74 Å². The normalized spacial score (nSPS) is 13.5. The zero-order valence-electron chi connectivity index (χ0n) is 15.0. The maximum Gasteiger partial charge on any atom is 0.0637 e. The topological polar surface area (TPSA) is 21.3 Å². The van der Waals surface area contributed by atoms with Crippen LogP contribution in [0.5, 0.6) is 0 Å². The number of rotatable bonds is 8. The minimum absolute atomic E-state index is 0.0854. The average Bonchev–Trinajstić information content (AvgIpc) is 2.39. The summed E-state index contributed by atoms with van der Waals surface area (Å²) in [5, 5.41) is 3.70. The zero-order chi connectivity index (χ0) is 16.0. The highest BCUT2D eigenvalue weighted by atomic mass is 16.5. The average molecular weight is 291 g/mol. The van der Waals surface area contributed by atoms with Crippen LogP contribution >= 0.6 is 0 Å². The van der Waals surface area contributed by atoms with Crippen LogP contribution in [0.2, 0.25) is 0 Å². The van der Waals surface area contributed by atoms with Crippen LogP contribution in [-0.4, -0.2) is 25.3 Å². The molecular formula is C19H33NO. The molecule has 0 aromatic heterocycles. The van der Waals surface area contributed by atoms with Crippen molar-refractivity contribution in [1.29, 1.82) is 0 Å². The quantitative estimate of drug-likeness (QED) is 0.769. The monoisotopic (exact) mass is 291 g/mol. The van der Waals surface area contributed by atoms with Crippen LogP contribution < -0.4 is 5.32 Å². The maximum absolute atomic E-state index is 5.63. The van der Waals surface area contributed by atoms with Gasteiger partial charge in [0.15, 0.2) is 0 Å². The third-order valence-electron chi connectivity index (χ3n) is 4.26. The molecule has 0 saturated heterocycles. The summed E-state index contributed by atoms with van der Waals surface area (Å²) >= 11 is 0. The molecule has 0 bridgehead atoms. The third-order valence-corrected chi connectivity index (χ3v) is 4.26. The SMILES string of the molecule is CCCNC(Cc1c(C)cc(C)cc1C)CC(C)(C)OC. The molecule has 2 nitrogen and oxygen atoms in total. The summed E-state index contributed by atoms with van der Waals surface area (Å²) in [6.45, 7) is 14.2. The highest BCUT2D eigenvalue weighted by Crippen LogP contribution is 2.22. The van der Waals surface area contributed by atoms with E-state index in [1.165, 1.54) is 22.3 Å². The lowest BCUT2D eigenvalue weighted by atomic mass is 9.89. The molecular weight excluding hydrogens is 258 g/mol. The number of ether oxygens (including phenoxy) is 1. The second-order valence-electron chi connectivity index (χ2n) is 6.90. The van der Waals surface area contributed by atoms with Gasteiger partial charge in [0.2, 0.25) is 0 Å². The number of hydrogen-bond donors (Lipinski definition) is 1. The molecule has 0 aliphatic rings. The van der Waals surface area contributed by atoms with Gasteiger partial charge >= 0.3 is 0 Å². The first-order valence-electron chi connectivity index (χ1n) is 8.14. The predicted molar refractivity (Wildman–Crippen MR) is 92.1 cm³/mol. The van der Waals surface area contributed by atoms with E-state index < -0.39 is 0 Å². The molecule has 1 atom stereocenters. The van der Waals surface area contributed by atoms with E-state index in [1.54, 1.807) is 7.11 Å². The van der Waals surface area contributed by atoms with Gasteiger partial charge in [-0.1, -0.05) is 24.6 Å². The Balaban J connectivity index is 2.90. The van der Waals surface area contributed by atoms with Crippen molar-refractivity contribution >= 4 is 0 Å². The molecule has 1 unspecified atom stereocenters. The largest absolute Gasteiger partial charge is 0.379 e. The third kappa shape index (κ3) is 5.80. The second-order valence-corrected chi connectivity index (χ2v) is 6.90. The maximum atomic E-state index is 5.63. The summed E-state index contributed by atoms with van der Waals surface area (Å²) in [6.07, 6.45) is 3.26. The van der Waals surface area contributed by atoms with Crippen LogP contribution in [-0.2, 0) is 11.2 Å². The van der Waals surface area contributed by atoms with Gasteiger partial charge < -0.3 is 10.1 Å². The predicted octanol–water partition coefficient (Wildman–Crippen LogP) is 4.34. The van der Waals surface area contributed by atoms with Crippen molar-refractivity contribution in [2.75, 3.05) is 13.7 Å². The van der Waals surface area contributed by atoms with Crippen molar-refractivity contribution in [3.05, 3.63) is 34.4 Å². The molecule has 2 heteroatoms. The van der Waals surface area contributed by atoms with Gasteiger partial charge in [-0.05, 0) is 77.1 Å². The molecule has 0 fully saturated rings. The van der Waals surface area contributed by atoms with Crippen LogP contribution in [0.3, 0.4) is 0 Å². The summed E-state index contributed by atoms with van der Waals surface area (Å²) < 4.78 is 5.63. The number of hydrogen-bond acceptors (Lipinski definition) is 2. The fourth-order valence-corrected chi connectivity index (χ4v) is 3.02. The molecule has 21 heavy (non-hydrogen) atoms. The lowest BCUT2D eigenvalue weighted by molar-refractivity contribution is 0.00712. The van der Waals surface area contributed by atoms with Gasteiger partial charge in [0.25, 0.3) is 0 Å². The van der Waals surface area contributed by atoms with E-state index >= 15 is 0 Å². The highest BCUT2D eigenvalue weighted by molar-refractivity contribution is 5.38. The van der Waals surface area contributed by atoms with Crippen LogP contribution in [0, 0.1) is 20.8 Å². The Morgan fingerprint density at radius 3 is 2.19 bits per heavy atom. The Hall–Kier alpha value is -0.860. The zero-order valence-corrected chi connectivity index (χ0v) is 15.0. The lowest BCUT2D eigenvalue weighted by Gasteiger charge is -2.30. The first-order chi connectivity index (χ1) is 9.79. The standard InChI is InChI=1S/C19H33NO/c1-8-9-20-17(13-19(5,6)21-7)12-18-15(3)10-14(2)11-16(18)4/h10-11,17,20H,8-9,12-13H2,1-7H3. The van der Waals surface area contributed by atoms with E-state index in [-0.39, 0.29) is 5.60 Å². The molecule has 1 aromatic carbocycles. The molecule has 120 valence electrons. The van der Waals surface area contributed by atoms with Crippen LogP contribution in [0.1, 0.15) is 55.9 Å². The van der Waals surface area contributed by atoms with Gasteiger partial charge in [0, 0.05) is 13.2 Å². The fourth-order valence-electron chi connectivity index (χ4n) is 3.02. The lowest BCUT2D eigenvalue weighted by Crippen LogP contribution is -2.39. The van der Waals surface area contributed by atoms with E-state index in [9.17, 15) is 0 Å². The molecule has 1 rings (SSSR count). The Morgan fingerprint density at radius 2 is 1.71 bits per heavy atom. The minimum atomic E-state index is -0.0854. The van der Waals surface area contributed by atoms with Crippen LogP contribution in [0.25, 0.3) is 0 Å². The molecule has 0 radical (unpaired) electrons. The van der Waals surface area contributed by atoms with Crippen molar-refractivity contribution in [3.63, 3.8) is 0 Å². The molecule has 0 spiro atoms. The molecule has 1 N–H and O–H groups in total. The Labute approximate surface area is 131 Å². The highest BCUT2D eigenvalue weighted by Gasteiger charge is 2.23. The molecule has 0 aliphatic heterocycles. The van der Waals surface area contributed by atoms with Gasteiger partial charge in [0.1, 0.15) is 0 Å². The van der Waals surface area contributed by atoms with Crippen molar-refractivity contribution in [2.45, 2.75) is 72.4 Å². The summed E-state index contributed by atoms with van der Waals surface area (Å²) in [6, 6.07) is 5.04. The van der Waals surface area contributed by atoms with Crippen molar-refractivity contribution in [1.82, 2.24) is 5.32 Å². The second kappa shape index (κ2) is 7.95. The van der Waals surface area contributed by atoms with E-state index in [2.05, 4.69) is 59.0 Å². The Kier molecular flexibility index (Phi) is 6.89.